The van der Waals surface area contributed by atoms with Crippen molar-refractivity contribution in [1.29, 1.82) is 0 Å². The highest BCUT2D eigenvalue weighted by atomic mass is 16.5. The van der Waals surface area contributed by atoms with E-state index >= 15 is 0 Å². The van der Waals surface area contributed by atoms with Gasteiger partial charge in [-0.2, -0.15) is 0 Å². The summed E-state index contributed by atoms with van der Waals surface area (Å²) >= 11 is 0. The fraction of sp³-hybridized carbons (Fsp3) is 1.00. The molecule has 3 heteroatoms. The van der Waals surface area contributed by atoms with Crippen molar-refractivity contribution in [2.75, 3.05) is 13.2 Å². The molecular formula is C8H19NO2. The van der Waals surface area contributed by atoms with Gasteiger partial charge in [0.05, 0.1) is 18.8 Å². The first-order valence-electron chi connectivity index (χ1n) is 3.80. The summed E-state index contributed by atoms with van der Waals surface area (Å²) < 4.78 is 5.19. The maximum absolute atomic E-state index is 9.25. The Morgan fingerprint density at radius 3 is 1.91 bits per heavy atom. The van der Waals surface area contributed by atoms with Crippen molar-refractivity contribution in [3.05, 3.63) is 0 Å². The molecule has 0 radical (unpaired) electrons. The summed E-state index contributed by atoms with van der Waals surface area (Å²) in [5.74, 6) is 0. The Morgan fingerprint density at radius 2 is 1.64 bits per heavy atom. The Morgan fingerprint density at radius 1 is 1.18 bits per heavy atom. The summed E-state index contributed by atoms with van der Waals surface area (Å²) in [6, 6.07) is 0. The summed E-state index contributed by atoms with van der Waals surface area (Å²) in [5.41, 5.74) is 4.59. The number of ether oxygens (including phenoxy) is 1. The molecule has 0 aromatic heterocycles. The highest BCUT2D eigenvalue weighted by Gasteiger charge is 2.16. The first-order valence-corrected chi connectivity index (χ1v) is 3.80. The molecule has 0 aliphatic heterocycles. The lowest BCUT2D eigenvalue weighted by molar-refractivity contribution is -0.0307. The van der Waals surface area contributed by atoms with Gasteiger partial charge in [-0.05, 0) is 27.7 Å². The van der Waals surface area contributed by atoms with Gasteiger partial charge in [0.1, 0.15) is 0 Å². The Bertz CT molecular complexity index is 96.2. The Balaban J connectivity index is 3.44. The standard InChI is InChI=1S/C8H19NO2/c1-7(2,9)5-11-6-8(3,4)10/h10H,5-6,9H2,1-4H3. The lowest BCUT2D eigenvalue weighted by atomic mass is 10.1. The van der Waals surface area contributed by atoms with Gasteiger partial charge in [-0.15, -0.1) is 0 Å². The number of hydrogen-bond donors (Lipinski definition) is 2. The monoisotopic (exact) mass is 161 g/mol. The Labute approximate surface area is 68.5 Å². The molecule has 0 unspecified atom stereocenters. The van der Waals surface area contributed by atoms with Crippen molar-refractivity contribution >= 4 is 0 Å². The molecule has 0 rings (SSSR count). The van der Waals surface area contributed by atoms with E-state index in [-0.39, 0.29) is 5.54 Å². The fourth-order valence-corrected chi connectivity index (χ4v) is 0.564. The minimum atomic E-state index is -0.759. The molecule has 0 heterocycles. The summed E-state index contributed by atoms with van der Waals surface area (Å²) in [7, 11) is 0. The molecular weight excluding hydrogens is 142 g/mol. The molecule has 3 nitrogen and oxygen atoms in total. The quantitative estimate of drug-likeness (QED) is 0.631. The minimum Gasteiger partial charge on any atom is -0.388 e. The van der Waals surface area contributed by atoms with Crippen LogP contribution in [0.1, 0.15) is 27.7 Å². The zero-order valence-electron chi connectivity index (χ0n) is 7.85. The summed E-state index contributed by atoms with van der Waals surface area (Å²) in [5, 5.41) is 9.25. The van der Waals surface area contributed by atoms with Crippen LogP contribution in [0.4, 0.5) is 0 Å². The normalized spacial score (nSPS) is 13.6. The van der Waals surface area contributed by atoms with E-state index < -0.39 is 5.60 Å². The van der Waals surface area contributed by atoms with Crippen LogP contribution >= 0.6 is 0 Å². The van der Waals surface area contributed by atoms with Gasteiger partial charge in [-0.25, -0.2) is 0 Å². The van der Waals surface area contributed by atoms with Crippen LogP contribution < -0.4 is 5.73 Å². The van der Waals surface area contributed by atoms with E-state index in [1.807, 2.05) is 13.8 Å². The molecule has 0 fully saturated rings. The molecule has 0 aliphatic carbocycles. The predicted octanol–water partition coefficient (Wildman–Crippen LogP) is 0.511. The van der Waals surface area contributed by atoms with Crippen LogP contribution in [-0.2, 0) is 4.74 Å². The van der Waals surface area contributed by atoms with E-state index in [0.29, 0.717) is 13.2 Å². The fourth-order valence-electron chi connectivity index (χ4n) is 0.564. The number of rotatable bonds is 4. The molecule has 0 atom stereocenters. The largest absolute Gasteiger partial charge is 0.388 e. The predicted molar refractivity (Wildman–Crippen MR) is 45.4 cm³/mol. The van der Waals surface area contributed by atoms with Gasteiger partial charge < -0.3 is 15.6 Å². The second kappa shape index (κ2) is 3.52. The van der Waals surface area contributed by atoms with Crippen molar-refractivity contribution < 1.29 is 9.84 Å². The number of hydrogen-bond acceptors (Lipinski definition) is 3. The molecule has 0 saturated carbocycles. The van der Waals surface area contributed by atoms with Crippen LogP contribution in [-0.4, -0.2) is 29.5 Å². The first kappa shape index (κ1) is 10.9. The van der Waals surface area contributed by atoms with Crippen molar-refractivity contribution in [2.45, 2.75) is 38.8 Å². The topological polar surface area (TPSA) is 55.5 Å². The lowest BCUT2D eigenvalue weighted by Crippen LogP contribution is -2.39. The summed E-state index contributed by atoms with van der Waals surface area (Å²) in [4.78, 5) is 0. The van der Waals surface area contributed by atoms with E-state index in [1.54, 1.807) is 13.8 Å². The maximum atomic E-state index is 9.25. The van der Waals surface area contributed by atoms with E-state index in [2.05, 4.69) is 0 Å². The van der Waals surface area contributed by atoms with E-state index in [1.165, 1.54) is 0 Å². The van der Waals surface area contributed by atoms with Crippen molar-refractivity contribution in [3.63, 3.8) is 0 Å². The highest BCUT2D eigenvalue weighted by Crippen LogP contribution is 2.03. The van der Waals surface area contributed by atoms with Crippen LogP contribution in [0.2, 0.25) is 0 Å². The van der Waals surface area contributed by atoms with Crippen molar-refractivity contribution in [2.24, 2.45) is 5.73 Å². The van der Waals surface area contributed by atoms with E-state index in [9.17, 15) is 5.11 Å². The highest BCUT2D eigenvalue weighted by molar-refractivity contribution is 4.71. The molecule has 68 valence electrons. The minimum absolute atomic E-state index is 0.314. The van der Waals surface area contributed by atoms with Gasteiger partial charge in [-0.3, -0.25) is 0 Å². The van der Waals surface area contributed by atoms with Crippen LogP contribution in [0.5, 0.6) is 0 Å². The van der Waals surface area contributed by atoms with Crippen LogP contribution in [0.3, 0.4) is 0 Å². The zero-order chi connectivity index (χ0) is 9.12. The SMILES string of the molecule is CC(C)(N)COCC(C)(C)O. The van der Waals surface area contributed by atoms with Gasteiger partial charge in [0, 0.05) is 5.54 Å². The maximum Gasteiger partial charge on any atom is 0.0824 e. The van der Waals surface area contributed by atoms with Crippen LogP contribution in [0.15, 0.2) is 0 Å². The molecule has 0 aromatic carbocycles. The average molecular weight is 161 g/mol. The zero-order valence-corrected chi connectivity index (χ0v) is 7.85. The third-order valence-electron chi connectivity index (χ3n) is 0.929. The second-order valence-corrected chi connectivity index (χ2v) is 4.29. The van der Waals surface area contributed by atoms with Gasteiger partial charge in [0.25, 0.3) is 0 Å². The van der Waals surface area contributed by atoms with Crippen LogP contribution in [0, 0.1) is 0 Å². The number of aliphatic hydroxyl groups is 1. The van der Waals surface area contributed by atoms with Gasteiger partial charge in [0.15, 0.2) is 0 Å². The molecule has 11 heavy (non-hydrogen) atoms. The first-order chi connectivity index (χ1) is 4.71. The van der Waals surface area contributed by atoms with E-state index in [0.717, 1.165) is 0 Å². The summed E-state index contributed by atoms with van der Waals surface area (Å²) in [6.07, 6.45) is 0. The smallest absolute Gasteiger partial charge is 0.0824 e. The van der Waals surface area contributed by atoms with Gasteiger partial charge in [-0.1, -0.05) is 0 Å². The molecule has 0 aliphatic rings. The van der Waals surface area contributed by atoms with Gasteiger partial charge in [0.2, 0.25) is 0 Å². The summed E-state index contributed by atoms with van der Waals surface area (Å²) in [6.45, 7) is 7.98. The lowest BCUT2D eigenvalue weighted by Gasteiger charge is -2.22. The van der Waals surface area contributed by atoms with Crippen molar-refractivity contribution in [3.8, 4) is 0 Å². The third-order valence-corrected chi connectivity index (χ3v) is 0.929. The molecule has 0 saturated heterocycles. The third kappa shape index (κ3) is 9.88. The molecule has 0 bridgehead atoms. The molecule has 0 amide bonds. The van der Waals surface area contributed by atoms with Crippen molar-refractivity contribution in [1.82, 2.24) is 0 Å². The molecule has 0 aromatic rings. The molecule has 3 N–H and O–H groups in total. The van der Waals surface area contributed by atoms with Gasteiger partial charge >= 0.3 is 0 Å². The number of nitrogens with two attached hydrogens (primary N) is 1. The molecule has 0 spiro atoms. The average Bonchev–Trinajstić information content (AvgIpc) is 1.55. The Kier molecular flexibility index (Phi) is 3.48. The van der Waals surface area contributed by atoms with Crippen LogP contribution in [0.25, 0.3) is 0 Å². The second-order valence-electron chi connectivity index (χ2n) is 4.29. The Hall–Kier alpha value is -0.120. The van der Waals surface area contributed by atoms with E-state index in [4.69, 9.17) is 10.5 Å².